The van der Waals surface area contributed by atoms with E-state index in [0.717, 1.165) is 78.7 Å². The third-order valence-electron chi connectivity index (χ3n) is 12.1. The van der Waals surface area contributed by atoms with Crippen molar-refractivity contribution in [1.29, 1.82) is 0 Å². The smallest absolute Gasteiger partial charge is 0.137 e. The van der Waals surface area contributed by atoms with Crippen molar-refractivity contribution < 1.29 is 9.15 Å². The van der Waals surface area contributed by atoms with Gasteiger partial charge in [-0.1, -0.05) is 127 Å². The van der Waals surface area contributed by atoms with E-state index in [0.29, 0.717) is 0 Å². The van der Waals surface area contributed by atoms with Crippen molar-refractivity contribution >= 4 is 56.1 Å². The molecule has 0 unspecified atom stereocenters. The summed E-state index contributed by atoms with van der Waals surface area (Å²) in [5.41, 5.74) is 14.7. The number of benzene rings is 9. The zero-order chi connectivity index (χ0) is 38.9. The number of anilines is 6. The number of nitrogens with zero attached hydrogens (tertiary/aromatic N) is 2. The summed E-state index contributed by atoms with van der Waals surface area (Å²) in [5, 5.41) is 2.11. The maximum Gasteiger partial charge on any atom is 0.137 e. The molecule has 2 aliphatic rings. The third kappa shape index (κ3) is 4.96. The molecule has 0 amide bonds. The summed E-state index contributed by atoms with van der Waals surface area (Å²) in [4.78, 5) is 4.66. The summed E-state index contributed by atoms with van der Waals surface area (Å²) in [7, 11) is 0. The van der Waals surface area contributed by atoms with Crippen molar-refractivity contribution in [2.45, 2.75) is 5.41 Å². The van der Waals surface area contributed by atoms with E-state index < -0.39 is 5.41 Å². The molecule has 9 aromatic carbocycles. The lowest BCUT2D eigenvalue weighted by atomic mass is 9.66. The number of hydrogen-bond acceptors (Lipinski definition) is 4. The summed E-state index contributed by atoms with van der Waals surface area (Å²) >= 11 is 0. The average molecular weight is 757 g/mol. The Morgan fingerprint density at radius 2 is 0.864 bits per heavy atom. The molecule has 2 heterocycles. The van der Waals surface area contributed by atoms with Crippen LogP contribution >= 0.6 is 0 Å². The Morgan fingerprint density at radius 1 is 0.339 bits per heavy atom. The molecule has 1 aromatic heterocycles. The summed E-state index contributed by atoms with van der Waals surface area (Å²) in [6.45, 7) is 0. The molecule has 0 radical (unpaired) electrons. The first-order valence-corrected chi connectivity index (χ1v) is 20.1. The lowest BCUT2D eigenvalue weighted by Crippen LogP contribution is -2.32. The molecule has 10 aromatic rings. The normalized spacial score (nSPS) is 13.0. The van der Waals surface area contributed by atoms with Gasteiger partial charge in [-0.15, -0.1) is 0 Å². The molecular formula is C55H36N2O2. The quantitative estimate of drug-likeness (QED) is 0.169. The summed E-state index contributed by atoms with van der Waals surface area (Å²) < 4.78 is 13.4. The van der Waals surface area contributed by atoms with Crippen molar-refractivity contribution in [3.63, 3.8) is 0 Å². The molecule has 0 bridgehead atoms. The van der Waals surface area contributed by atoms with Crippen LogP contribution in [0, 0.1) is 0 Å². The van der Waals surface area contributed by atoms with Crippen LogP contribution in [0.4, 0.5) is 34.1 Å². The van der Waals surface area contributed by atoms with E-state index in [9.17, 15) is 0 Å². The van der Waals surface area contributed by atoms with Crippen molar-refractivity contribution in [2.75, 3.05) is 9.80 Å². The standard InChI is InChI=1S/C55H36N2O2/c1-4-17-37(18-5-1)56(38-19-6-2-7-20-38)41-32-34-44-53(36-41)59-52-30-16-27-49(54(44)52)57(39-21-8-3-9-22-39)40-31-33-43-42-23-10-11-24-45(42)55(48(43)35-40)46-25-12-14-28-50(46)58-51-29-15-13-26-47(51)55/h1-36H. The van der Waals surface area contributed by atoms with Gasteiger partial charge >= 0.3 is 0 Å². The Labute approximate surface area is 342 Å². The second-order valence-corrected chi connectivity index (χ2v) is 15.2. The Balaban J connectivity index is 1.08. The van der Waals surface area contributed by atoms with Crippen molar-refractivity contribution in [3.05, 3.63) is 241 Å². The first kappa shape index (κ1) is 33.3. The lowest BCUT2D eigenvalue weighted by molar-refractivity contribution is 0.436. The van der Waals surface area contributed by atoms with Gasteiger partial charge in [-0.3, -0.25) is 0 Å². The van der Waals surface area contributed by atoms with Crippen LogP contribution in [0.5, 0.6) is 11.5 Å². The predicted molar refractivity (Wildman–Crippen MR) is 240 cm³/mol. The van der Waals surface area contributed by atoms with E-state index in [1.807, 2.05) is 0 Å². The van der Waals surface area contributed by atoms with Gasteiger partial charge in [-0.05, 0) is 107 Å². The van der Waals surface area contributed by atoms with Crippen LogP contribution in [0.15, 0.2) is 223 Å². The number of ether oxygens (including phenoxy) is 1. The second-order valence-electron chi connectivity index (χ2n) is 15.2. The molecule has 0 fully saturated rings. The van der Waals surface area contributed by atoms with Gasteiger partial charge in [0.25, 0.3) is 0 Å². The lowest BCUT2D eigenvalue weighted by Gasteiger charge is -2.39. The predicted octanol–water partition coefficient (Wildman–Crippen LogP) is 15.0. The highest BCUT2D eigenvalue weighted by molar-refractivity contribution is 6.14. The van der Waals surface area contributed by atoms with Crippen molar-refractivity contribution in [1.82, 2.24) is 0 Å². The van der Waals surface area contributed by atoms with Gasteiger partial charge in [0.2, 0.25) is 0 Å². The fourth-order valence-electron chi connectivity index (χ4n) is 9.71. The van der Waals surface area contributed by atoms with Crippen LogP contribution in [-0.2, 0) is 5.41 Å². The molecule has 1 spiro atoms. The van der Waals surface area contributed by atoms with Crippen LogP contribution in [0.25, 0.3) is 33.1 Å². The highest BCUT2D eigenvalue weighted by Gasteiger charge is 2.51. The SMILES string of the molecule is c1ccc(N(c2ccccc2)c2ccc3c(c2)oc2cccc(N(c4ccccc4)c4ccc5c(c4)C4(c6ccccc6Oc6ccccc64)c4ccccc4-5)c23)cc1. The van der Waals surface area contributed by atoms with Gasteiger partial charge in [0.05, 0.1) is 16.5 Å². The molecule has 1 aliphatic carbocycles. The first-order valence-electron chi connectivity index (χ1n) is 20.1. The second kappa shape index (κ2) is 13.1. The molecular weight excluding hydrogens is 721 g/mol. The van der Waals surface area contributed by atoms with Crippen molar-refractivity contribution in [3.8, 4) is 22.6 Å². The summed E-state index contributed by atoms with van der Waals surface area (Å²) in [5.74, 6) is 1.76. The molecule has 0 saturated carbocycles. The van der Waals surface area contributed by atoms with Crippen LogP contribution in [0.3, 0.4) is 0 Å². The number of fused-ring (bicyclic) bond motifs is 12. The van der Waals surface area contributed by atoms with E-state index in [1.54, 1.807) is 0 Å². The Bertz CT molecular complexity index is 3120. The van der Waals surface area contributed by atoms with Gasteiger partial charge < -0.3 is 19.0 Å². The Hall–Kier alpha value is -7.82. The van der Waals surface area contributed by atoms with Crippen LogP contribution < -0.4 is 14.5 Å². The summed E-state index contributed by atoms with van der Waals surface area (Å²) in [6.07, 6.45) is 0. The zero-order valence-corrected chi connectivity index (χ0v) is 32.0. The highest BCUT2D eigenvalue weighted by Crippen LogP contribution is 2.62. The van der Waals surface area contributed by atoms with Gasteiger partial charge in [0.1, 0.15) is 22.7 Å². The molecule has 1 aliphatic heterocycles. The number of para-hydroxylation sites is 5. The zero-order valence-electron chi connectivity index (χ0n) is 32.0. The number of rotatable bonds is 6. The summed E-state index contributed by atoms with van der Waals surface area (Å²) in [6, 6.07) is 77.6. The maximum absolute atomic E-state index is 6.79. The number of furan rings is 1. The highest BCUT2D eigenvalue weighted by atomic mass is 16.5. The van der Waals surface area contributed by atoms with Gasteiger partial charge in [-0.2, -0.15) is 0 Å². The fourth-order valence-corrected chi connectivity index (χ4v) is 9.71. The molecule has 0 saturated heterocycles. The van der Waals surface area contributed by atoms with Crippen LogP contribution in [-0.4, -0.2) is 0 Å². The van der Waals surface area contributed by atoms with E-state index in [-0.39, 0.29) is 0 Å². The van der Waals surface area contributed by atoms with E-state index in [2.05, 4.69) is 228 Å². The van der Waals surface area contributed by atoms with Crippen LogP contribution in [0.1, 0.15) is 22.3 Å². The molecule has 59 heavy (non-hydrogen) atoms. The Morgan fingerprint density at radius 3 is 1.53 bits per heavy atom. The first-order chi connectivity index (χ1) is 29.3. The number of hydrogen-bond donors (Lipinski definition) is 0. The molecule has 0 N–H and O–H groups in total. The monoisotopic (exact) mass is 756 g/mol. The molecule has 4 nitrogen and oxygen atoms in total. The maximum atomic E-state index is 6.79. The topological polar surface area (TPSA) is 28.9 Å². The van der Waals surface area contributed by atoms with E-state index in [4.69, 9.17) is 9.15 Å². The largest absolute Gasteiger partial charge is 0.457 e. The van der Waals surface area contributed by atoms with Gasteiger partial charge in [0.15, 0.2) is 0 Å². The molecule has 0 atom stereocenters. The van der Waals surface area contributed by atoms with E-state index >= 15 is 0 Å². The third-order valence-corrected chi connectivity index (χ3v) is 12.1. The van der Waals surface area contributed by atoms with Crippen molar-refractivity contribution in [2.24, 2.45) is 0 Å². The van der Waals surface area contributed by atoms with Gasteiger partial charge in [0, 0.05) is 51.0 Å². The van der Waals surface area contributed by atoms with Crippen LogP contribution in [0.2, 0.25) is 0 Å². The minimum atomic E-state index is -0.580. The Kier molecular flexibility index (Phi) is 7.41. The van der Waals surface area contributed by atoms with Gasteiger partial charge in [-0.25, -0.2) is 0 Å². The molecule has 12 rings (SSSR count). The molecule has 278 valence electrons. The minimum absolute atomic E-state index is 0.580. The van der Waals surface area contributed by atoms with E-state index in [1.165, 1.54) is 22.3 Å². The molecule has 4 heteroatoms. The fraction of sp³-hybridized carbons (Fsp3) is 0.0182. The minimum Gasteiger partial charge on any atom is -0.457 e. The average Bonchev–Trinajstić information content (AvgIpc) is 3.82.